The largest absolute Gasteiger partial charge is 0.462 e. The maximum absolute atomic E-state index is 12.1. The minimum Gasteiger partial charge on any atom is -0.462 e. The third-order valence-corrected chi connectivity index (χ3v) is 6.54. The molecule has 0 saturated carbocycles. The molecule has 3 aliphatic heterocycles. The van der Waals surface area contributed by atoms with Crippen LogP contribution in [0, 0.1) is 5.92 Å². The number of nitrogens with zero attached hydrogens (tertiary/aromatic N) is 1. The molecule has 7 unspecified atom stereocenters. The number of benzene rings is 1. The van der Waals surface area contributed by atoms with Crippen LogP contribution in [0.5, 0.6) is 5.75 Å². The fraction of sp³-hybridized carbons (Fsp3) is 0.609. The zero-order chi connectivity index (χ0) is 22.0. The van der Waals surface area contributed by atoms with Crippen LogP contribution >= 0.6 is 0 Å². The smallest absolute Gasteiger partial charge is 0.330 e. The lowest BCUT2D eigenvalue weighted by molar-refractivity contribution is -0.268. The molecule has 7 atom stereocenters. The standard InChI is InChI=1S/C23H31NO7/c1-14-20(26)21(27)22(28)23(30-14)31-17-7-4-15(5-8-17)6-9-19(25)29-13-16-10-12-24-11-2-3-18(16)24/h4-9,14,16,18,20-23,26-28H,2-3,10-13H2,1H3. The summed E-state index contributed by atoms with van der Waals surface area (Å²) in [7, 11) is 0. The molecule has 8 heteroatoms. The molecule has 1 aromatic rings. The van der Waals surface area contributed by atoms with Crippen LogP contribution in [0.15, 0.2) is 30.3 Å². The Morgan fingerprint density at radius 1 is 1.13 bits per heavy atom. The quantitative estimate of drug-likeness (QED) is 0.449. The van der Waals surface area contributed by atoms with Gasteiger partial charge in [0.2, 0.25) is 6.29 Å². The fourth-order valence-corrected chi connectivity index (χ4v) is 4.69. The number of carbonyl (C=O) groups excluding carboxylic acids is 1. The lowest BCUT2D eigenvalue weighted by atomic mass is 9.99. The van der Waals surface area contributed by atoms with Gasteiger partial charge in [-0.3, -0.25) is 4.90 Å². The molecule has 3 fully saturated rings. The van der Waals surface area contributed by atoms with Gasteiger partial charge in [-0.05, 0) is 63.0 Å². The Balaban J connectivity index is 1.25. The lowest BCUT2D eigenvalue weighted by Crippen LogP contribution is -2.58. The summed E-state index contributed by atoms with van der Waals surface area (Å²) in [5, 5.41) is 29.7. The molecule has 3 aliphatic rings. The third kappa shape index (κ3) is 5.10. The van der Waals surface area contributed by atoms with Crippen molar-refractivity contribution >= 4 is 12.0 Å². The van der Waals surface area contributed by atoms with Crippen LogP contribution in [0.25, 0.3) is 6.08 Å². The molecule has 3 N–H and O–H groups in total. The van der Waals surface area contributed by atoms with Crippen LogP contribution in [0.3, 0.4) is 0 Å². The van der Waals surface area contributed by atoms with Crippen LogP contribution in [-0.4, -0.2) is 82.6 Å². The molecule has 0 amide bonds. The van der Waals surface area contributed by atoms with E-state index in [0.29, 0.717) is 24.3 Å². The van der Waals surface area contributed by atoms with E-state index in [2.05, 4.69) is 4.90 Å². The summed E-state index contributed by atoms with van der Waals surface area (Å²) in [6.45, 7) is 4.35. The highest BCUT2D eigenvalue weighted by Gasteiger charge is 2.43. The second kappa shape index (κ2) is 9.67. The van der Waals surface area contributed by atoms with Gasteiger partial charge < -0.3 is 29.5 Å². The van der Waals surface area contributed by atoms with Gasteiger partial charge in [0, 0.05) is 18.0 Å². The molecule has 1 aromatic carbocycles. The van der Waals surface area contributed by atoms with E-state index in [-0.39, 0.29) is 5.97 Å². The highest BCUT2D eigenvalue weighted by Crippen LogP contribution is 2.32. The molecule has 3 heterocycles. The second-order valence-electron chi connectivity index (χ2n) is 8.63. The first-order valence-electron chi connectivity index (χ1n) is 11.0. The minimum atomic E-state index is -1.36. The average Bonchev–Trinajstić information content (AvgIpc) is 3.38. The fourth-order valence-electron chi connectivity index (χ4n) is 4.69. The number of hydrogen-bond donors (Lipinski definition) is 3. The summed E-state index contributed by atoms with van der Waals surface area (Å²) in [4.78, 5) is 14.6. The van der Waals surface area contributed by atoms with Gasteiger partial charge in [-0.2, -0.15) is 0 Å². The molecule has 8 nitrogen and oxygen atoms in total. The van der Waals surface area contributed by atoms with E-state index >= 15 is 0 Å². The number of carbonyl (C=O) groups is 1. The Hall–Kier alpha value is -1.97. The second-order valence-corrected chi connectivity index (χ2v) is 8.63. The van der Waals surface area contributed by atoms with Crippen molar-refractivity contribution in [3.8, 4) is 5.75 Å². The van der Waals surface area contributed by atoms with E-state index in [1.54, 1.807) is 37.3 Å². The molecule has 31 heavy (non-hydrogen) atoms. The first kappa shape index (κ1) is 22.2. The van der Waals surface area contributed by atoms with Gasteiger partial charge in [0.25, 0.3) is 0 Å². The first-order valence-corrected chi connectivity index (χ1v) is 11.0. The van der Waals surface area contributed by atoms with E-state index in [4.69, 9.17) is 14.2 Å². The number of ether oxygens (including phenoxy) is 3. The van der Waals surface area contributed by atoms with E-state index < -0.39 is 30.7 Å². The molecule has 0 aromatic heterocycles. The maximum atomic E-state index is 12.1. The topological polar surface area (TPSA) is 109 Å². The Morgan fingerprint density at radius 2 is 1.90 bits per heavy atom. The molecule has 4 rings (SSSR count). The average molecular weight is 434 g/mol. The van der Waals surface area contributed by atoms with E-state index in [1.807, 2.05) is 0 Å². The molecular weight excluding hydrogens is 402 g/mol. The summed E-state index contributed by atoms with van der Waals surface area (Å²) in [5.74, 6) is 0.523. The molecule has 0 bridgehead atoms. The van der Waals surface area contributed by atoms with Gasteiger partial charge in [0.05, 0.1) is 12.7 Å². The van der Waals surface area contributed by atoms with Gasteiger partial charge in [0.15, 0.2) is 0 Å². The number of hydrogen-bond acceptors (Lipinski definition) is 8. The predicted molar refractivity (Wildman–Crippen MR) is 112 cm³/mol. The van der Waals surface area contributed by atoms with Crippen molar-refractivity contribution in [2.24, 2.45) is 5.92 Å². The first-order chi connectivity index (χ1) is 14.9. The number of fused-ring (bicyclic) bond motifs is 1. The normalized spacial score (nSPS) is 35.9. The van der Waals surface area contributed by atoms with Crippen molar-refractivity contribution in [2.45, 2.75) is 62.9 Å². The zero-order valence-electron chi connectivity index (χ0n) is 17.7. The lowest BCUT2D eigenvalue weighted by Gasteiger charge is -2.38. The highest BCUT2D eigenvalue weighted by atomic mass is 16.7. The van der Waals surface area contributed by atoms with E-state index in [1.165, 1.54) is 25.5 Å². The van der Waals surface area contributed by atoms with Crippen LogP contribution in [0.4, 0.5) is 0 Å². The molecule has 0 spiro atoms. The number of rotatable bonds is 6. The summed E-state index contributed by atoms with van der Waals surface area (Å²) >= 11 is 0. The Morgan fingerprint density at radius 3 is 2.68 bits per heavy atom. The molecule has 0 aliphatic carbocycles. The van der Waals surface area contributed by atoms with Gasteiger partial charge >= 0.3 is 5.97 Å². The molecule has 0 radical (unpaired) electrons. The monoisotopic (exact) mass is 433 g/mol. The van der Waals surface area contributed by atoms with Crippen molar-refractivity contribution < 1.29 is 34.3 Å². The Labute approximate surface area is 182 Å². The number of aliphatic hydroxyl groups excluding tert-OH is 3. The number of esters is 1. The predicted octanol–water partition coefficient (Wildman–Crippen LogP) is 0.934. The van der Waals surface area contributed by atoms with Crippen LogP contribution in [0.1, 0.15) is 31.7 Å². The molecular formula is C23H31NO7. The minimum absolute atomic E-state index is 0.350. The Bertz CT molecular complexity index is 783. The third-order valence-electron chi connectivity index (χ3n) is 6.54. The Kier molecular flexibility index (Phi) is 6.93. The molecule has 170 valence electrons. The SMILES string of the molecule is CC1OC(Oc2ccc(C=CC(=O)OCC3CCN4CCCC34)cc2)C(O)C(O)C1O. The van der Waals surface area contributed by atoms with Crippen molar-refractivity contribution in [3.05, 3.63) is 35.9 Å². The van der Waals surface area contributed by atoms with Gasteiger partial charge in [-0.15, -0.1) is 0 Å². The highest BCUT2D eigenvalue weighted by molar-refractivity contribution is 5.87. The summed E-state index contributed by atoms with van der Waals surface area (Å²) in [6, 6.07) is 7.45. The van der Waals surface area contributed by atoms with Crippen molar-refractivity contribution in [3.63, 3.8) is 0 Å². The molecule has 3 saturated heterocycles. The van der Waals surface area contributed by atoms with Gasteiger partial charge in [0.1, 0.15) is 24.1 Å². The maximum Gasteiger partial charge on any atom is 0.330 e. The van der Waals surface area contributed by atoms with Crippen molar-refractivity contribution in [1.82, 2.24) is 4.90 Å². The van der Waals surface area contributed by atoms with Crippen molar-refractivity contribution in [1.29, 1.82) is 0 Å². The van der Waals surface area contributed by atoms with Gasteiger partial charge in [-0.25, -0.2) is 4.79 Å². The summed E-state index contributed by atoms with van der Waals surface area (Å²) < 4.78 is 16.5. The van der Waals surface area contributed by atoms with Crippen LogP contribution < -0.4 is 4.74 Å². The summed E-state index contributed by atoms with van der Waals surface area (Å²) in [6.07, 6.45) is 0.996. The van der Waals surface area contributed by atoms with Crippen molar-refractivity contribution in [2.75, 3.05) is 19.7 Å². The van der Waals surface area contributed by atoms with Crippen LogP contribution in [-0.2, 0) is 14.3 Å². The van der Waals surface area contributed by atoms with E-state index in [0.717, 1.165) is 18.5 Å². The van der Waals surface area contributed by atoms with Crippen LogP contribution in [0.2, 0.25) is 0 Å². The number of aliphatic hydroxyl groups is 3. The van der Waals surface area contributed by atoms with Gasteiger partial charge in [-0.1, -0.05) is 12.1 Å². The summed E-state index contributed by atoms with van der Waals surface area (Å²) in [5.41, 5.74) is 0.793. The van der Waals surface area contributed by atoms with E-state index in [9.17, 15) is 20.1 Å². The zero-order valence-corrected chi connectivity index (χ0v) is 17.7.